The van der Waals surface area contributed by atoms with Crippen molar-refractivity contribution in [2.24, 2.45) is 0 Å². The summed E-state index contributed by atoms with van der Waals surface area (Å²) < 4.78 is 0.789. The third-order valence-corrected chi connectivity index (χ3v) is 4.22. The van der Waals surface area contributed by atoms with Crippen molar-refractivity contribution in [2.75, 3.05) is 11.9 Å². The van der Waals surface area contributed by atoms with Crippen molar-refractivity contribution < 1.29 is 9.90 Å². The summed E-state index contributed by atoms with van der Waals surface area (Å²) in [6.07, 6.45) is 1.47. The second kappa shape index (κ2) is 6.52. The minimum atomic E-state index is -0.334. The predicted octanol–water partition coefficient (Wildman–Crippen LogP) is 3.08. The van der Waals surface area contributed by atoms with Crippen LogP contribution in [0, 0.1) is 11.3 Å². The van der Waals surface area contributed by atoms with E-state index in [1.165, 1.54) is 23.6 Å². The maximum absolute atomic E-state index is 11.6. The minimum absolute atomic E-state index is 0.0542. The van der Waals surface area contributed by atoms with E-state index in [2.05, 4.69) is 20.6 Å². The van der Waals surface area contributed by atoms with E-state index >= 15 is 0 Å². The number of amides is 2. The number of nitrogens with zero attached hydrogens (tertiary/aromatic N) is 3. The van der Waals surface area contributed by atoms with Gasteiger partial charge in [-0.15, -0.1) is 0 Å². The molecule has 120 valence electrons. The Hall–Kier alpha value is -3.18. The van der Waals surface area contributed by atoms with Gasteiger partial charge in [0, 0.05) is 24.4 Å². The smallest absolute Gasteiger partial charge is 0.321 e. The number of thiazole rings is 1. The van der Waals surface area contributed by atoms with Crippen LogP contribution in [0.1, 0.15) is 12.5 Å². The van der Waals surface area contributed by atoms with E-state index in [4.69, 9.17) is 5.26 Å². The molecule has 2 aromatic heterocycles. The largest absolute Gasteiger partial charge is 0.508 e. The molecule has 0 aliphatic carbocycles. The molecule has 2 amide bonds. The molecule has 0 fully saturated rings. The quantitative estimate of drug-likeness (QED) is 0.679. The molecule has 0 unspecified atom stereocenters. The number of aromatic nitrogens is 2. The van der Waals surface area contributed by atoms with Crippen LogP contribution < -0.4 is 10.6 Å². The number of anilines is 1. The number of phenolic OH excluding ortho intramolecular Hbond substituents is 1. The molecule has 0 atom stereocenters. The van der Waals surface area contributed by atoms with E-state index in [9.17, 15) is 9.90 Å². The molecule has 3 N–H and O–H groups in total. The summed E-state index contributed by atoms with van der Waals surface area (Å²) in [5, 5.41) is 24.5. The lowest BCUT2D eigenvalue weighted by Crippen LogP contribution is -2.28. The third kappa shape index (κ3) is 3.11. The highest BCUT2D eigenvalue weighted by Gasteiger charge is 2.14. The average molecular weight is 339 g/mol. The second-order valence-corrected chi connectivity index (χ2v) is 5.89. The molecular formula is C16H13N5O2S. The Bertz CT molecular complexity index is 943. The molecular weight excluding hydrogens is 326 g/mol. The maximum Gasteiger partial charge on any atom is 0.321 e. The minimum Gasteiger partial charge on any atom is -0.508 e. The summed E-state index contributed by atoms with van der Waals surface area (Å²) in [6.45, 7) is 2.34. The van der Waals surface area contributed by atoms with Gasteiger partial charge in [-0.05, 0) is 25.1 Å². The van der Waals surface area contributed by atoms with E-state index in [1.54, 1.807) is 18.2 Å². The van der Waals surface area contributed by atoms with Crippen LogP contribution in [0.25, 0.3) is 21.5 Å². The molecule has 0 saturated heterocycles. The number of nitriles is 1. The first-order chi connectivity index (χ1) is 11.6. The molecule has 0 spiro atoms. The lowest BCUT2D eigenvalue weighted by atomic mass is 10.1. The Morgan fingerprint density at radius 2 is 2.25 bits per heavy atom. The predicted molar refractivity (Wildman–Crippen MR) is 91.9 cm³/mol. The van der Waals surface area contributed by atoms with Crippen LogP contribution in [0.2, 0.25) is 0 Å². The van der Waals surface area contributed by atoms with Crippen LogP contribution in [0.15, 0.2) is 30.5 Å². The van der Waals surface area contributed by atoms with Gasteiger partial charge in [0.1, 0.15) is 11.8 Å². The first kappa shape index (κ1) is 15.7. The zero-order chi connectivity index (χ0) is 17.1. The van der Waals surface area contributed by atoms with Crippen molar-refractivity contribution in [3.63, 3.8) is 0 Å². The van der Waals surface area contributed by atoms with Crippen LogP contribution in [0.3, 0.4) is 0 Å². The Kier molecular flexibility index (Phi) is 4.26. The summed E-state index contributed by atoms with van der Waals surface area (Å²) in [5.41, 5.74) is 2.32. The van der Waals surface area contributed by atoms with Gasteiger partial charge in [0.2, 0.25) is 0 Å². The van der Waals surface area contributed by atoms with E-state index in [1.807, 2.05) is 13.0 Å². The summed E-state index contributed by atoms with van der Waals surface area (Å²) in [4.78, 5) is 20.2. The second-order valence-electron chi connectivity index (χ2n) is 4.89. The average Bonchev–Trinajstić information content (AvgIpc) is 2.96. The van der Waals surface area contributed by atoms with Crippen LogP contribution in [0.4, 0.5) is 9.93 Å². The molecule has 0 saturated carbocycles. The third-order valence-electron chi connectivity index (χ3n) is 3.20. The van der Waals surface area contributed by atoms with Crippen molar-refractivity contribution in [2.45, 2.75) is 6.92 Å². The maximum atomic E-state index is 11.6. The fraction of sp³-hybridized carbons (Fsp3) is 0.125. The zero-order valence-corrected chi connectivity index (χ0v) is 13.5. The molecule has 7 nitrogen and oxygen atoms in total. The number of pyridine rings is 1. The Morgan fingerprint density at radius 1 is 1.42 bits per heavy atom. The fourth-order valence-electron chi connectivity index (χ4n) is 2.18. The van der Waals surface area contributed by atoms with E-state index in [-0.39, 0.29) is 11.8 Å². The van der Waals surface area contributed by atoms with Gasteiger partial charge in [0.15, 0.2) is 5.13 Å². The molecule has 2 heterocycles. The highest BCUT2D eigenvalue weighted by atomic mass is 32.1. The summed E-state index contributed by atoms with van der Waals surface area (Å²) in [7, 11) is 0. The number of rotatable bonds is 3. The first-order valence-corrected chi connectivity index (χ1v) is 7.97. The van der Waals surface area contributed by atoms with Gasteiger partial charge in [-0.1, -0.05) is 11.3 Å². The van der Waals surface area contributed by atoms with Crippen LogP contribution in [-0.2, 0) is 0 Å². The number of carbonyl (C=O) groups excluding carboxylic acids is 1. The molecule has 0 radical (unpaired) electrons. The number of urea groups is 1. The molecule has 0 bridgehead atoms. The molecule has 8 heteroatoms. The van der Waals surface area contributed by atoms with Crippen molar-refractivity contribution in [1.82, 2.24) is 15.3 Å². The van der Waals surface area contributed by atoms with Gasteiger partial charge < -0.3 is 10.4 Å². The summed E-state index contributed by atoms with van der Waals surface area (Å²) >= 11 is 1.29. The van der Waals surface area contributed by atoms with E-state index in [0.717, 1.165) is 4.70 Å². The molecule has 0 aliphatic rings. The monoisotopic (exact) mass is 339 g/mol. The fourth-order valence-corrected chi connectivity index (χ4v) is 3.15. The SMILES string of the molecule is CCNC(=O)Nc1nc2cc(O)cc(-c3ccc(C#N)cn3)c2s1. The van der Waals surface area contributed by atoms with Crippen LogP contribution in [-0.4, -0.2) is 27.7 Å². The highest BCUT2D eigenvalue weighted by Crippen LogP contribution is 2.37. The Balaban J connectivity index is 2.05. The van der Waals surface area contributed by atoms with Crippen molar-refractivity contribution >= 4 is 32.7 Å². The number of carbonyl (C=O) groups is 1. The van der Waals surface area contributed by atoms with E-state index in [0.29, 0.717) is 34.0 Å². The van der Waals surface area contributed by atoms with Gasteiger partial charge in [0.05, 0.1) is 21.5 Å². The van der Waals surface area contributed by atoms with E-state index < -0.39 is 0 Å². The number of nitrogens with one attached hydrogen (secondary N) is 2. The lowest BCUT2D eigenvalue weighted by Gasteiger charge is -2.03. The highest BCUT2D eigenvalue weighted by molar-refractivity contribution is 7.22. The molecule has 24 heavy (non-hydrogen) atoms. The van der Waals surface area contributed by atoms with Gasteiger partial charge in [-0.25, -0.2) is 9.78 Å². The number of aromatic hydroxyl groups is 1. The van der Waals surface area contributed by atoms with Gasteiger partial charge in [-0.2, -0.15) is 5.26 Å². The number of benzene rings is 1. The van der Waals surface area contributed by atoms with Crippen LogP contribution >= 0.6 is 11.3 Å². The molecule has 3 rings (SSSR count). The first-order valence-electron chi connectivity index (χ1n) is 7.15. The standard InChI is InChI=1S/C16H13N5O2S/c1-2-18-15(23)21-16-20-13-6-10(22)5-11(14(13)24-16)12-4-3-9(7-17)8-19-12/h3-6,8,22H,2H2,1H3,(H2,18,20,21,23). The molecule has 3 aromatic rings. The lowest BCUT2D eigenvalue weighted by molar-refractivity contribution is 0.252. The number of hydrogen-bond acceptors (Lipinski definition) is 6. The van der Waals surface area contributed by atoms with Crippen LogP contribution in [0.5, 0.6) is 5.75 Å². The Labute approximate surface area is 141 Å². The summed E-state index contributed by atoms with van der Waals surface area (Å²) in [6, 6.07) is 8.17. The van der Waals surface area contributed by atoms with Gasteiger partial charge >= 0.3 is 6.03 Å². The number of phenols is 1. The Morgan fingerprint density at radius 3 is 2.92 bits per heavy atom. The summed E-state index contributed by atoms with van der Waals surface area (Å²) in [5.74, 6) is 0.0542. The van der Waals surface area contributed by atoms with Crippen molar-refractivity contribution in [3.05, 3.63) is 36.0 Å². The van der Waals surface area contributed by atoms with Crippen molar-refractivity contribution in [3.8, 4) is 23.1 Å². The topological polar surface area (TPSA) is 111 Å². The molecule has 1 aromatic carbocycles. The van der Waals surface area contributed by atoms with Gasteiger partial charge in [-0.3, -0.25) is 10.3 Å². The molecule has 0 aliphatic heterocycles. The number of fused-ring (bicyclic) bond motifs is 1. The zero-order valence-electron chi connectivity index (χ0n) is 12.7. The van der Waals surface area contributed by atoms with Crippen molar-refractivity contribution in [1.29, 1.82) is 5.26 Å². The number of hydrogen-bond donors (Lipinski definition) is 3. The van der Waals surface area contributed by atoms with Gasteiger partial charge in [0.25, 0.3) is 0 Å². The normalized spacial score (nSPS) is 10.3.